The molecule has 126 valence electrons. The Kier molecular flexibility index (Phi) is 3.26. The Morgan fingerprint density at radius 3 is 1.46 bits per heavy atom. The van der Waals surface area contributed by atoms with E-state index in [2.05, 4.69) is 17.5 Å². The van der Waals surface area contributed by atoms with Crippen molar-refractivity contribution in [3.63, 3.8) is 0 Å². The molecule has 2 fully saturated rings. The summed E-state index contributed by atoms with van der Waals surface area (Å²) in [5.74, 6) is -1.31. The molecule has 0 radical (unpaired) electrons. The molecule has 0 bridgehead atoms. The first kappa shape index (κ1) is 16.1. The molecule has 1 aliphatic heterocycles. The summed E-state index contributed by atoms with van der Waals surface area (Å²) in [6.45, 7) is 0. The van der Waals surface area contributed by atoms with Crippen LogP contribution in [0, 0.1) is 38.9 Å². The summed E-state index contributed by atoms with van der Waals surface area (Å²) in [6.07, 6.45) is 0.617. The lowest BCUT2D eigenvalue weighted by atomic mass is 9.79. The zero-order chi connectivity index (χ0) is 18.4. The Morgan fingerprint density at radius 2 is 1.12 bits per heavy atom. The third-order valence-corrected chi connectivity index (χ3v) is 5.88. The maximum absolute atomic E-state index is 12.6. The van der Waals surface area contributed by atoms with Crippen molar-refractivity contribution in [3.8, 4) is 12.1 Å². The fraction of sp³-hybridized carbons (Fsp3) is 0.238. The van der Waals surface area contributed by atoms with Gasteiger partial charge in [0.15, 0.2) is 10.8 Å². The van der Waals surface area contributed by atoms with Gasteiger partial charge in [-0.25, -0.2) is 0 Å². The van der Waals surface area contributed by atoms with E-state index >= 15 is 0 Å². The van der Waals surface area contributed by atoms with E-state index in [9.17, 15) is 20.1 Å². The van der Waals surface area contributed by atoms with E-state index in [1.807, 2.05) is 60.7 Å². The zero-order valence-corrected chi connectivity index (χ0v) is 13.9. The van der Waals surface area contributed by atoms with Crippen molar-refractivity contribution in [2.75, 3.05) is 0 Å². The number of amides is 2. The highest BCUT2D eigenvalue weighted by molar-refractivity contribution is 6.19. The number of hydrogen-bond acceptors (Lipinski definition) is 4. The number of piperidine rings is 1. The van der Waals surface area contributed by atoms with Crippen molar-refractivity contribution >= 4 is 11.8 Å². The number of nitriles is 2. The average Bonchev–Trinajstić information content (AvgIpc) is 3.07. The number of fused-ring (bicyclic) bond motifs is 1. The molecule has 2 atom stereocenters. The minimum atomic E-state index is -1.66. The van der Waals surface area contributed by atoms with Crippen LogP contribution in [0.15, 0.2) is 60.7 Å². The molecular formula is C21H15N3O2. The molecule has 2 aromatic carbocycles. The topological polar surface area (TPSA) is 93.8 Å². The maximum atomic E-state index is 12.6. The number of nitrogens with one attached hydrogen (secondary N) is 1. The largest absolute Gasteiger partial charge is 0.293 e. The maximum Gasteiger partial charge on any atom is 0.250 e. The average molecular weight is 341 g/mol. The molecule has 1 saturated heterocycles. The van der Waals surface area contributed by atoms with Crippen molar-refractivity contribution in [1.82, 2.24) is 5.32 Å². The van der Waals surface area contributed by atoms with E-state index in [-0.39, 0.29) is 0 Å². The number of rotatable bonds is 4. The molecule has 26 heavy (non-hydrogen) atoms. The quantitative estimate of drug-likeness (QED) is 0.862. The van der Waals surface area contributed by atoms with Gasteiger partial charge in [-0.3, -0.25) is 14.9 Å². The minimum absolute atomic E-state index is 0.309. The zero-order valence-electron chi connectivity index (χ0n) is 13.9. The smallest absolute Gasteiger partial charge is 0.250 e. The van der Waals surface area contributed by atoms with Gasteiger partial charge in [-0.2, -0.15) is 10.5 Å². The van der Waals surface area contributed by atoms with Gasteiger partial charge in [0.2, 0.25) is 11.8 Å². The highest BCUT2D eigenvalue weighted by atomic mass is 16.2. The molecule has 0 aromatic heterocycles. The van der Waals surface area contributed by atoms with Crippen LogP contribution in [0.3, 0.4) is 0 Å². The molecule has 0 spiro atoms. The van der Waals surface area contributed by atoms with E-state index in [1.54, 1.807) is 0 Å². The van der Waals surface area contributed by atoms with E-state index in [4.69, 9.17) is 0 Å². The van der Waals surface area contributed by atoms with Crippen molar-refractivity contribution in [2.45, 2.75) is 12.8 Å². The number of imide groups is 1. The van der Waals surface area contributed by atoms with Crippen LogP contribution in [-0.2, 0) is 22.4 Å². The minimum Gasteiger partial charge on any atom is -0.293 e. The van der Waals surface area contributed by atoms with Crippen LogP contribution in [0.2, 0.25) is 0 Å². The third-order valence-electron chi connectivity index (χ3n) is 5.88. The lowest BCUT2D eigenvalue weighted by Gasteiger charge is -2.23. The monoisotopic (exact) mass is 341 g/mol. The van der Waals surface area contributed by atoms with Gasteiger partial charge in [0.05, 0.1) is 12.1 Å². The van der Waals surface area contributed by atoms with Crippen LogP contribution in [0.4, 0.5) is 0 Å². The van der Waals surface area contributed by atoms with Crippen LogP contribution in [0.25, 0.3) is 0 Å². The number of benzene rings is 2. The van der Waals surface area contributed by atoms with Gasteiger partial charge in [-0.05, 0) is 24.0 Å². The third kappa shape index (κ3) is 1.63. The van der Waals surface area contributed by atoms with E-state index in [0.29, 0.717) is 12.8 Å². The van der Waals surface area contributed by atoms with Crippen LogP contribution in [0.1, 0.15) is 11.1 Å². The highest BCUT2D eigenvalue weighted by Gasteiger charge is 2.98. The van der Waals surface area contributed by atoms with Gasteiger partial charge < -0.3 is 0 Å². The van der Waals surface area contributed by atoms with E-state index in [0.717, 1.165) is 11.1 Å². The normalized spacial score (nSPS) is 27.8. The van der Waals surface area contributed by atoms with Crippen LogP contribution in [-0.4, -0.2) is 11.8 Å². The van der Waals surface area contributed by atoms with E-state index < -0.39 is 28.1 Å². The van der Waals surface area contributed by atoms with Gasteiger partial charge >= 0.3 is 0 Å². The Hall–Kier alpha value is -3.44. The van der Waals surface area contributed by atoms with Crippen molar-refractivity contribution in [3.05, 3.63) is 71.8 Å². The summed E-state index contributed by atoms with van der Waals surface area (Å²) in [4.78, 5) is 25.3. The Bertz CT molecular complexity index is 906. The Morgan fingerprint density at radius 1 is 0.731 bits per heavy atom. The molecule has 2 aliphatic rings. The number of carbonyl (C=O) groups is 2. The second-order valence-corrected chi connectivity index (χ2v) is 6.91. The second kappa shape index (κ2) is 5.28. The van der Waals surface area contributed by atoms with Crippen LogP contribution >= 0.6 is 0 Å². The SMILES string of the molecule is N#C[C@@]12C(=O)NC(=O)[C@]1(C#N)C2(Cc1ccccc1)Cc1ccccc1. The first-order valence-electron chi connectivity index (χ1n) is 8.34. The van der Waals surface area contributed by atoms with Crippen LogP contribution in [0.5, 0.6) is 0 Å². The predicted octanol–water partition coefficient (Wildman–Crippen LogP) is 2.15. The van der Waals surface area contributed by atoms with Gasteiger partial charge in [-0.1, -0.05) is 60.7 Å². The number of carbonyl (C=O) groups excluding carboxylic acids is 2. The van der Waals surface area contributed by atoms with Gasteiger partial charge in [0, 0.05) is 5.41 Å². The first-order chi connectivity index (χ1) is 12.6. The summed E-state index contributed by atoms with van der Waals surface area (Å²) in [7, 11) is 0. The van der Waals surface area contributed by atoms with E-state index in [1.165, 1.54) is 0 Å². The summed E-state index contributed by atoms with van der Waals surface area (Å²) in [5.41, 5.74) is -2.61. The molecule has 5 nitrogen and oxygen atoms in total. The Labute approximate surface area is 150 Å². The molecule has 2 amide bonds. The molecule has 4 rings (SSSR count). The summed E-state index contributed by atoms with van der Waals surface area (Å²) in [6, 6.07) is 22.9. The molecule has 1 heterocycles. The van der Waals surface area contributed by atoms with Crippen molar-refractivity contribution in [2.24, 2.45) is 16.2 Å². The number of nitrogens with zero attached hydrogens (tertiary/aromatic N) is 2. The molecular weight excluding hydrogens is 326 g/mol. The standard InChI is InChI=1S/C21H15N3O2/c22-13-20-17(25)24-18(26)21(20,14-23)19(20,11-15-7-3-1-4-8-15)12-16-9-5-2-6-10-16/h1-10H,11-12H2,(H,24,25,26)/t20-,21+. The molecule has 2 aromatic rings. The fourth-order valence-electron chi connectivity index (χ4n) is 4.72. The summed E-state index contributed by atoms with van der Waals surface area (Å²) >= 11 is 0. The van der Waals surface area contributed by atoms with Gasteiger partial charge in [-0.15, -0.1) is 0 Å². The Balaban J connectivity index is 1.90. The molecule has 5 heteroatoms. The molecule has 1 aliphatic carbocycles. The summed E-state index contributed by atoms with van der Waals surface area (Å²) < 4.78 is 0. The highest BCUT2D eigenvalue weighted by Crippen LogP contribution is 2.82. The lowest BCUT2D eigenvalue weighted by Crippen LogP contribution is -2.39. The van der Waals surface area contributed by atoms with Crippen molar-refractivity contribution < 1.29 is 9.59 Å². The summed E-state index contributed by atoms with van der Waals surface area (Å²) in [5, 5.41) is 22.1. The molecule has 0 unspecified atom stereocenters. The fourth-order valence-corrected chi connectivity index (χ4v) is 4.72. The second-order valence-electron chi connectivity index (χ2n) is 6.91. The first-order valence-corrected chi connectivity index (χ1v) is 8.34. The van der Waals surface area contributed by atoms with Crippen molar-refractivity contribution in [1.29, 1.82) is 10.5 Å². The lowest BCUT2D eigenvalue weighted by molar-refractivity contribution is -0.130. The molecule has 1 saturated carbocycles. The van der Waals surface area contributed by atoms with Gasteiger partial charge in [0.25, 0.3) is 0 Å². The number of hydrogen-bond donors (Lipinski definition) is 1. The van der Waals surface area contributed by atoms with Crippen LogP contribution < -0.4 is 5.32 Å². The molecule has 1 N–H and O–H groups in total. The van der Waals surface area contributed by atoms with Gasteiger partial charge in [0.1, 0.15) is 0 Å². The predicted molar refractivity (Wildman–Crippen MR) is 92.0 cm³/mol.